The first-order valence-corrected chi connectivity index (χ1v) is 23.1. The number of benzene rings is 10. The minimum Gasteiger partial charge on any atom is -0.456 e. The smallest absolute Gasteiger partial charge is 0.164 e. The molecule has 0 fully saturated rings. The van der Waals surface area contributed by atoms with Gasteiger partial charge >= 0.3 is 0 Å². The molecule has 0 N–H and O–H groups in total. The van der Waals surface area contributed by atoms with Crippen LogP contribution in [0.25, 0.3) is 139 Å². The Bertz CT molecular complexity index is 4250. The standard InChI is InChI=1S/C63H38N4O2/c1-4-13-39(14-5-1)43-24-29-56-51(34-43)49-21-10-11-22-55(49)67(56)48-27-32-59-54(38-48)53-36-45(26-31-58(53)68-59)44-25-30-57-52(35-44)50-28-23-46(37-60(50)69-57)42-19-12-20-47(33-42)63-65-61(40-15-6-2-7-16-40)64-62(66-63)41-17-8-3-9-18-41/h1-38H. The van der Waals surface area contributed by atoms with Crippen LogP contribution in [0.1, 0.15) is 0 Å². The monoisotopic (exact) mass is 882 g/mol. The number of rotatable bonds is 7. The van der Waals surface area contributed by atoms with Gasteiger partial charge in [0.1, 0.15) is 22.3 Å². The maximum absolute atomic E-state index is 6.55. The second-order valence-corrected chi connectivity index (χ2v) is 17.6. The molecule has 0 aliphatic heterocycles. The second-order valence-electron chi connectivity index (χ2n) is 17.6. The van der Waals surface area contributed by atoms with Crippen molar-refractivity contribution >= 4 is 65.7 Å². The Kier molecular flexibility index (Phi) is 8.79. The number of aromatic nitrogens is 4. The van der Waals surface area contributed by atoms with Crippen molar-refractivity contribution in [1.29, 1.82) is 0 Å². The summed E-state index contributed by atoms with van der Waals surface area (Å²) >= 11 is 0. The highest BCUT2D eigenvalue weighted by atomic mass is 16.3. The van der Waals surface area contributed by atoms with E-state index in [2.05, 4.69) is 174 Å². The van der Waals surface area contributed by atoms with Gasteiger partial charge in [0, 0.05) is 54.7 Å². The molecule has 4 heterocycles. The van der Waals surface area contributed by atoms with Crippen molar-refractivity contribution in [3.8, 4) is 73.2 Å². The van der Waals surface area contributed by atoms with Crippen molar-refractivity contribution in [2.75, 3.05) is 0 Å². The minimum absolute atomic E-state index is 0.616. The summed E-state index contributed by atoms with van der Waals surface area (Å²) in [5, 5.41) is 6.73. The number of para-hydroxylation sites is 1. The predicted molar refractivity (Wildman–Crippen MR) is 281 cm³/mol. The molecule has 69 heavy (non-hydrogen) atoms. The fourth-order valence-corrected chi connectivity index (χ4v) is 10.1. The van der Waals surface area contributed by atoms with Crippen molar-refractivity contribution in [3.63, 3.8) is 0 Å². The van der Waals surface area contributed by atoms with Crippen LogP contribution in [0, 0.1) is 0 Å². The summed E-state index contributed by atoms with van der Waals surface area (Å²) in [6.45, 7) is 0. The van der Waals surface area contributed by atoms with Gasteiger partial charge in [0.15, 0.2) is 17.5 Å². The van der Waals surface area contributed by atoms with Crippen molar-refractivity contribution in [1.82, 2.24) is 19.5 Å². The van der Waals surface area contributed by atoms with Crippen molar-refractivity contribution in [3.05, 3.63) is 231 Å². The van der Waals surface area contributed by atoms with Crippen LogP contribution >= 0.6 is 0 Å². The lowest BCUT2D eigenvalue weighted by Crippen LogP contribution is -2.00. The average Bonchev–Trinajstić information content (AvgIpc) is 4.09. The van der Waals surface area contributed by atoms with Crippen LogP contribution in [-0.4, -0.2) is 19.5 Å². The van der Waals surface area contributed by atoms with Crippen LogP contribution in [0.5, 0.6) is 0 Å². The van der Waals surface area contributed by atoms with Crippen LogP contribution in [0.4, 0.5) is 0 Å². The molecule has 0 atom stereocenters. The van der Waals surface area contributed by atoms with E-state index in [1.807, 2.05) is 60.7 Å². The zero-order chi connectivity index (χ0) is 45.4. The van der Waals surface area contributed by atoms with Gasteiger partial charge in [-0.15, -0.1) is 0 Å². The van der Waals surface area contributed by atoms with Gasteiger partial charge in [-0.05, 0) is 112 Å². The van der Waals surface area contributed by atoms with E-state index in [0.717, 1.165) is 88.5 Å². The van der Waals surface area contributed by atoms with Crippen LogP contribution in [-0.2, 0) is 0 Å². The Balaban J connectivity index is 0.813. The zero-order valence-electron chi connectivity index (χ0n) is 37.0. The molecule has 14 rings (SSSR count). The normalized spacial score (nSPS) is 11.8. The van der Waals surface area contributed by atoms with Crippen molar-refractivity contribution in [2.24, 2.45) is 0 Å². The summed E-state index contributed by atoms with van der Waals surface area (Å²) in [5.74, 6) is 1.88. The van der Waals surface area contributed by atoms with E-state index >= 15 is 0 Å². The Morgan fingerprint density at radius 2 is 0.696 bits per heavy atom. The zero-order valence-corrected chi connectivity index (χ0v) is 37.0. The molecule has 10 aromatic carbocycles. The number of nitrogens with zero attached hydrogens (tertiary/aromatic N) is 4. The summed E-state index contributed by atoms with van der Waals surface area (Å²) in [6, 6.07) is 80.5. The SMILES string of the molecule is c1ccc(-c2ccc3c(c2)c2ccccc2n3-c2ccc3oc4ccc(-c5ccc6oc7cc(-c8cccc(-c9nc(-c%10ccccc%10)nc(-c%10ccccc%10)n9)c8)ccc7c6c5)cc4c3c2)cc1. The molecular formula is C63H38N4O2. The van der Waals surface area contributed by atoms with Crippen LogP contribution < -0.4 is 0 Å². The van der Waals surface area contributed by atoms with E-state index in [9.17, 15) is 0 Å². The van der Waals surface area contributed by atoms with Gasteiger partial charge in [0.05, 0.1) is 11.0 Å². The van der Waals surface area contributed by atoms with Crippen LogP contribution in [0.3, 0.4) is 0 Å². The Morgan fingerprint density at radius 1 is 0.246 bits per heavy atom. The fourth-order valence-electron chi connectivity index (χ4n) is 10.1. The molecule has 322 valence electrons. The Hall–Kier alpha value is -9.39. The lowest BCUT2D eigenvalue weighted by Gasteiger charge is -2.09. The molecular weight excluding hydrogens is 845 g/mol. The molecule has 4 aromatic heterocycles. The third-order valence-corrected chi connectivity index (χ3v) is 13.4. The third kappa shape index (κ3) is 6.61. The van der Waals surface area contributed by atoms with Gasteiger partial charge in [-0.3, -0.25) is 0 Å². The largest absolute Gasteiger partial charge is 0.456 e. The van der Waals surface area contributed by atoms with Crippen LogP contribution in [0.2, 0.25) is 0 Å². The van der Waals surface area contributed by atoms with E-state index in [0.29, 0.717) is 17.5 Å². The highest BCUT2D eigenvalue weighted by Crippen LogP contribution is 2.40. The van der Waals surface area contributed by atoms with Gasteiger partial charge in [-0.1, -0.05) is 152 Å². The molecule has 0 saturated carbocycles. The topological polar surface area (TPSA) is 69.9 Å². The van der Waals surface area contributed by atoms with Gasteiger partial charge in [0.25, 0.3) is 0 Å². The molecule has 0 unspecified atom stereocenters. The van der Waals surface area contributed by atoms with E-state index in [1.165, 1.54) is 32.9 Å². The molecule has 6 nitrogen and oxygen atoms in total. The Labute approximate surface area is 396 Å². The lowest BCUT2D eigenvalue weighted by molar-refractivity contribution is 0.668. The Morgan fingerprint density at radius 3 is 1.39 bits per heavy atom. The van der Waals surface area contributed by atoms with E-state index in [1.54, 1.807) is 0 Å². The summed E-state index contributed by atoms with van der Waals surface area (Å²) in [6.07, 6.45) is 0. The van der Waals surface area contributed by atoms with E-state index in [-0.39, 0.29) is 0 Å². The second kappa shape index (κ2) is 15.6. The maximum Gasteiger partial charge on any atom is 0.164 e. The number of furan rings is 2. The predicted octanol–water partition coefficient (Wildman–Crippen LogP) is 16.8. The van der Waals surface area contributed by atoms with E-state index < -0.39 is 0 Å². The number of hydrogen-bond donors (Lipinski definition) is 0. The summed E-state index contributed by atoms with van der Waals surface area (Å²) in [7, 11) is 0. The number of fused-ring (bicyclic) bond motifs is 9. The average molecular weight is 883 g/mol. The summed E-state index contributed by atoms with van der Waals surface area (Å²) < 4.78 is 15.4. The fraction of sp³-hybridized carbons (Fsp3) is 0. The number of hydrogen-bond acceptors (Lipinski definition) is 5. The quantitative estimate of drug-likeness (QED) is 0.159. The highest BCUT2D eigenvalue weighted by Gasteiger charge is 2.18. The molecule has 0 saturated heterocycles. The first-order valence-electron chi connectivity index (χ1n) is 23.1. The molecule has 14 aromatic rings. The minimum atomic E-state index is 0.616. The van der Waals surface area contributed by atoms with Gasteiger partial charge in [0.2, 0.25) is 0 Å². The first-order chi connectivity index (χ1) is 34.1. The summed E-state index contributed by atoms with van der Waals surface area (Å²) in [4.78, 5) is 14.8. The lowest BCUT2D eigenvalue weighted by atomic mass is 9.99. The maximum atomic E-state index is 6.55. The van der Waals surface area contributed by atoms with Gasteiger partial charge in [-0.2, -0.15) is 0 Å². The molecule has 0 radical (unpaired) electrons. The molecule has 0 spiro atoms. The van der Waals surface area contributed by atoms with E-state index in [4.69, 9.17) is 23.8 Å². The summed E-state index contributed by atoms with van der Waals surface area (Å²) in [5.41, 5.74) is 16.3. The van der Waals surface area contributed by atoms with Gasteiger partial charge < -0.3 is 13.4 Å². The molecule has 0 aliphatic rings. The molecule has 0 amide bonds. The third-order valence-electron chi connectivity index (χ3n) is 13.4. The highest BCUT2D eigenvalue weighted by molar-refractivity contribution is 6.12. The van der Waals surface area contributed by atoms with Crippen molar-refractivity contribution in [2.45, 2.75) is 0 Å². The van der Waals surface area contributed by atoms with Crippen molar-refractivity contribution < 1.29 is 8.83 Å². The molecule has 6 heteroatoms. The van der Waals surface area contributed by atoms with Gasteiger partial charge in [-0.25, -0.2) is 15.0 Å². The van der Waals surface area contributed by atoms with Crippen LogP contribution in [0.15, 0.2) is 239 Å². The first kappa shape index (κ1) is 38.8. The molecule has 0 bridgehead atoms. The molecule has 0 aliphatic carbocycles.